The van der Waals surface area contributed by atoms with Crippen LogP contribution in [0.1, 0.15) is 28.5 Å². The molecule has 2 aromatic carbocycles. The van der Waals surface area contributed by atoms with Gasteiger partial charge in [-0.05, 0) is 42.3 Å². The predicted octanol–water partition coefficient (Wildman–Crippen LogP) is 2.32. The molecule has 0 radical (unpaired) electrons. The fraction of sp³-hybridized carbons (Fsp3) is 0.240. The topological polar surface area (TPSA) is 127 Å². The third-order valence-corrected chi connectivity index (χ3v) is 5.80. The Morgan fingerprint density at radius 3 is 2.69 bits per heavy atom. The van der Waals surface area contributed by atoms with Gasteiger partial charge in [-0.1, -0.05) is 12.1 Å². The van der Waals surface area contributed by atoms with Gasteiger partial charge in [-0.3, -0.25) is 9.59 Å². The van der Waals surface area contributed by atoms with Crippen molar-refractivity contribution in [3.05, 3.63) is 76.3 Å². The fourth-order valence-electron chi connectivity index (χ4n) is 3.99. The lowest BCUT2D eigenvalue weighted by atomic mass is 10.0. The molecule has 1 aliphatic heterocycles. The number of rotatable bonds is 7. The van der Waals surface area contributed by atoms with Crippen molar-refractivity contribution in [3.8, 4) is 28.5 Å². The van der Waals surface area contributed by atoms with E-state index in [0.29, 0.717) is 42.6 Å². The maximum Gasteiger partial charge on any atom is 0.274 e. The smallest absolute Gasteiger partial charge is 0.274 e. The number of carbonyl (C=O) groups excluding carboxylic acids is 1. The van der Waals surface area contributed by atoms with Gasteiger partial charge >= 0.3 is 0 Å². The molecule has 1 atom stereocenters. The van der Waals surface area contributed by atoms with Crippen LogP contribution in [-0.2, 0) is 0 Å². The summed E-state index contributed by atoms with van der Waals surface area (Å²) in [5.41, 5.74) is 2.00. The molecule has 3 N–H and O–H groups in total. The molecular weight excluding hydrogens is 452 g/mol. The number of H-pyrrole nitrogens is 1. The fourth-order valence-corrected chi connectivity index (χ4v) is 3.99. The zero-order valence-corrected chi connectivity index (χ0v) is 19.0. The van der Waals surface area contributed by atoms with Crippen LogP contribution in [0.2, 0.25) is 0 Å². The van der Waals surface area contributed by atoms with Crippen LogP contribution < -0.4 is 25.1 Å². The molecule has 1 unspecified atom stereocenters. The van der Waals surface area contributed by atoms with Crippen molar-refractivity contribution in [1.29, 1.82) is 0 Å². The monoisotopic (exact) mass is 476 g/mol. The van der Waals surface area contributed by atoms with E-state index < -0.39 is 11.9 Å². The molecule has 0 fully saturated rings. The highest BCUT2D eigenvalue weighted by molar-refractivity contribution is 5.93. The number of carbonyl (C=O) groups is 1. The molecule has 1 amide bonds. The number of fused-ring (bicyclic) bond motifs is 2. The van der Waals surface area contributed by atoms with Crippen LogP contribution >= 0.6 is 0 Å². The summed E-state index contributed by atoms with van der Waals surface area (Å²) in [6.45, 7) is 0.836. The molecule has 35 heavy (non-hydrogen) atoms. The van der Waals surface area contributed by atoms with Gasteiger partial charge in [0.2, 0.25) is 0 Å². The van der Waals surface area contributed by atoms with Crippen molar-refractivity contribution in [2.24, 2.45) is 0 Å². The maximum absolute atomic E-state index is 13.0. The van der Waals surface area contributed by atoms with Gasteiger partial charge in [0.1, 0.15) is 24.5 Å². The maximum atomic E-state index is 13.0. The Morgan fingerprint density at radius 2 is 1.94 bits per heavy atom. The van der Waals surface area contributed by atoms with Gasteiger partial charge in [0, 0.05) is 18.2 Å². The molecule has 5 rings (SSSR count). The average Bonchev–Trinajstić information content (AvgIpc) is 3.33. The summed E-state index contributed by atoms with van der Waals surface area (Å²) in [5.74, 6) is 1.49. The number of benzene rings is 2. The molecular formula is C25H24N4O6. The molecule has 2 aromatic heterocycles. The zero-order chi connectivity index (χ0) is 24.4. The Bertz CT molecular complexity index is 1430. The highest BCUT2D eigenvalue weighted by atomic mass is 16.6. The summed E-state index contributed by atoms with van der Waals surface area (Å²) in [4.78, 5) is 28.6. The van der Waals surface area contributed by atoms with Crippen LogP contribution in [0.4, 0.5) is 0 Å². The summed E-state index contributed by atoms with van der Waals surface area (Å²) >= 11 is 0. The second-order valence-corrected chi connectivity index (χ2v) is 8.03. The minimum Gasteiger partial charge on any atom is -0.497 e. The second kappa shape index (κ2) is 9.51. The lowest BCUT2D eigenvalue weighted by Crippen LogP contribution is -2.29. The highest BCUT2D eigenvalue weighted by Crippen LogP contribution is 2.33. The number of ether oxygens (including phenoxy) is 3. The predicted molar refractivity (Wildman–Crippen MR) is 127 cm³/mol. The van der Waals surface area contributed by atoms with E-state index in [9.17, 15) is 14.7 Å². The minimum atomic E-state index is -0.455. The standard InChI is InChI=1S/C25H24N4O6/c1-33-17-5-2-15(3-6-17)18(8-9-30)26-24(31)19-13-21-25(32)27-20(14-29(21)28-19)16-4-7-22-23(12-16)35-11-10-34-22/h2-7,12-14,18,30H,8-11H2,1H3,(H,26,31)(H,27,32). The number of hydrogen-bond donors (Lipinski definition) is 3. The Labute approximate surface area is 200 Å². The Kier molecular flexibility index (Phi) is 6.11. The summed E-state index contributed by atoms with van der Waals surface area (Å²) < 4.78 is 17.7. The Balaban J connectivity index is 1.42. The van der Waals surface area contributed by atoms with E-state index in [1.165, 1.54) is 10.6 Å². The quantitative estimate of drug-likeness (QED) is 0.374. The summed E-state index contributed by atoms with van der Waals surface area (Å²) in [6, 6.07) is 13.6. The van der Waals surface area contributed by atoms with Crippen molar-refractivity contribution in [2.45, 2.75) is 12.5 Å². The van der Waals surface area contributed by atoms with Crippen LogP contribution in [0, 0.1) is 0 Å². The average molecular weight is 476 g/mol. The zero-order valence-electron chi connectivity index (χ0n) is 19.0. The molecule has 10 nitrogen and oxygen atoms in total. The van der Waals surface area contributed by atoms with Gasteiger partial charge in [0.15, 0.2) is 17.2 Å². The first-order valence-corrected chi connectivity index (χ1v) is 11.1. The van der Waals surface area contributed by atoms with Crippen LogP contribution in [0.3, 0.4) is 0 Å². The molecule has 0 spiro atoms. The highest BCUT2D eigenvalue weighted by Gasteiger charge is 2.20. The molecule has 0 saturated carbocycles. The van der Waals surface area contributed by atoms with Gasteiger partial charge < -0.3 is 29.6 Å². The van der Waals surface area contributed by atoms with E-state index >= 15 is 0 Å². The number of amides is 1. The third-order valence-electron chi connectivity index (χ3n) is 5.80. The third kappa shape index (κ3) is 4.56. The van der Waals surface area contributed by atoms with Crippen molar-refractivity contribution in [1.82, 2.24) is 19.9 Å². The van der Waals surface area contributed by atoms with Gasteiger partial charge in [0.05, 0.1) is 25.0 Å². The number of aliphatic hydroxyl groups is 1. The van der Waals surface area contributed by atoms with E-state index in [1.807, 2.05) is 18.2 Å². The van der Waals surface area contributed by atoms with E-state index in [-0.39, 0.29) is 23.4 Å². The molecule has 10 heteroatoms. The minimum absolute atomic E-state index is 0.0891. The number of hydrogen-bond acceptors (Lipinski definition) is 7. The van der Waals surface area contributed by atoms with Crippen LogP contribution in [0.5, 0.6) is 17.2 Å². The van der Waals surface area contributed by atoms with Crippen LogP contribution in [0.25, 0.3) is 16.8 Å². The number of aliphatic hydroxyl groups excluding tert-OH is 1. The lowest BCUT2D eigenvalue weighted by Gasteiger charge is -2.18. The van der Waals surface area contributed by atoms with Gasteiger partial charge in [-0.2, -0.15) is 5.10 Å². The molecule has 4 aromatic rings. The molecule has 1 aliphatic rings. The van der Waals surface area contributed by atoms with E-state index in [1.54, 1.807) is 37.6 Å². The summed E-state index contributed by atoms with van der Waals surface area (Å²) in [7, 11) is 1.58. The molecule has 180 valence electrons. The van der Waals surface area contributed by atoms with Crippen molar-refractivity contribution >= 4 is 11.4 Å². The molecule has 3 heterocycles. The lowest BCUT2D eigenvalue weighted by molar-refractivity contribution is 0.0924. The normalized spacial score (nSPS) is 13.4. The van der Waals surface area contributed by atoms with Gasteiger partial charge in [0.25, 0.3) is 11.5 Å². The molecule has 0 aliphatic carbocycles. The van der Waals surface area contributed by atoms with Crippen molar-refractivity contribution in [2.75, 3.05) is 26.9 Å². The summed E-state index contributed by atoms with van der Waals surface area (Å²) in [6.07, 6.45) is 1.97. The summed E-state index contributed by atoms with van der Waals surface area (Å²) in [5, 5.41) is 16.7. The van der Waals surface area contributed by atoms with Crippen LogP contribution in [0.15, 0.2) is 59.5 Å². The largest absolute Gasteiger partial charge is 0.497 e. The van der Waals surface area contributed by atoms with E-state index in [2.05, 4.69) is 15.4 Å². The number of nitrogens with one attached hydrogen (secondary N) is 2. The Hall–Kier alpha value is -4.31. The van der Waals surface area contributed by atoms with Crippen molar-refractivity contribution < 1.29 is 24.1 Å². The first-order valence-electron chi connectivity index (χ1n) is 11.1. The molecule has 0 bridgehead atoms. The van der Waals surface area contributed by atoms with Crippen molar-refractivity contribution in [3.63, 3.8) is 0 Å². The van der Waals surface area contributed by atoms with Gasteiger partial charge in [-0.15, -0.1) is 0 Å². The first-order chi connectivity index (χ1) is 17.1. The Morgan fingerprint density at radius 1 is 1.17 bits per heavy atom. The number of methoxy groups -OCH3 is 1. The van der Waals surface area contributed by atoms with E-state index in [0.717, 1.165) is 11.1 Å². The SMILES string of the molecule is COc1ccc(C(CCO)NC(=O)c2cc3c(=O)[nH]c(-c4ccc5c(c4)OCCO5)cn3n2)cc1. The number of aromatic nitrogens is 3. The first kappa shape index (κ1) is 22.5. The molecule has 0 saturated heterocycles. The van der Waals surface area contributed by atoms with Crippen LogP contribution in [-0.4, -0.2) is 52.5 Å². The number of aromatic amines is 1. The number of nitrogens with zero attached hydrogens (tertiary/aromatic N) is 2. The van der Waals surface area contributed by atoms with Gasteiger partial charge in [-0.25, -0.2) is 4.52 Å². The second-order valence-electron chi connectivity index (χ2n) is 8.03. The van der Waals surface area contributed by atoms with E-state index in [4.69, 9.17) is 14.2 Å².